The lowest BCUT2D eigenvalue weighted by molar-refractivity contribution is 0.0955. The zero-order chi connectivity index (χ0) is 9.52. The fraction of sp³-hybridized carbons (Fsp3) is 0.333. The van der Waals surface area contributed by atoms with E-state index in [1.54, 1.807) is 0 Å². The first-order chi connectivity index (χ1) is 6.34. The molecular weight excluding hydrogens is 172 g/mol. The van der Waals surface area contributed by atoms with Gasteiger partial charge in [-0.2, -0.15) is 5.10 Å². The van der Waals surface area contributed by atoms with Crippen molar-refractivity contribution < 1.29 is 4.79 Å². The predicted molar refractivity (Wildman–Crippen MR) is 44.9 cm³/mol. The van der Waals surface area contributed by atoms with Crippen LogP contribution in [0.15, 0.2) is 17.5 Å². The van der Waals surface area contributed by atoms with Crippen molar-refractivity contribution in [1.82, 2.24) is 15.5 Å². The molecular formula is C6H8N6O. The Bertz CT molecular complexity index is 312. The summed E-state index contributed by atoms with van der Waals surface area (Å²) >= 11 is 0. The Balaban J connectivity index is 2.30. The molecule has 1 aromatic heterocycles. The van der Waals surface area contributed by atoms with Gasteiger partial charge in [-0.3, -0.25) is 9.89 Å². The van der Waals surface area contributed by atoms with Gasteiger partial charge in [0, 0.05) is 24.2 Å². The second-order valence-corrected chi connectivity index (χ2v) is 2.20. The van der Waals surface area contributed by atoms with Gasteiger partial charge >= 0.3 is 0 Å². The number of amides is 1. The summed E-state index contributed by atoms with van der Waals surface area (Å²) < 4.78 is 0. The molecule has 13 heavy (non-hydrogen) atoms. The molecule has 0 spiro atoms. The van der Waals surface area contributed by atoms with Gasteiger partial charge in [-0.15, -0.1) is 0 Å². The van der Waals surface area contributed by atoms with Crippen LogP contribution in [0.1, 0.15) is 10.4 Å². The molecule has 0 atom stereocenters. The minimum absolute atomic E-state index is 0.234. The van der Waals surface area contributed by atoms with Crippen molar-refractivity contribution >= 4 is 5.91 Å². The molecule has 0 aromatic carbocycles. The van der Waals surface area contributed by atoms with Crippen LogP contribution in [0.25, 0.3) is 10.4 Å². The Morgan fingerprint density at radius 2 is 2.69 bits per heavy atom. The number of aromatic nitrogens is 2. The van der Waals surface area contributed by atoms with E-state index in [-0.39, 0.29) is 12.5 Å². The van der Waals surface area contributed by atoms with Crippen LogP contribution >= 0.6 is 0 Å². The Hall–Kier alpha value is -2.01. The maximum absolute atomic E-state index is 11.2. The molecule has 1 rings (SSSR count). The first-order valence-electron chi connectivity index (χ1n) is 3.62. The summed E-state index contributed by atoms with van der Waals surface area (Å²) in [6.45, 7) is 0.578. The van der Waals surface area contributed by atoms with E-state index in [4.69, 9.17) is 5.53 Å². The van der Waals surface area contributed by atoms with Gasteiger partial charge in [0.05, 0.1) is 11.8 Å². The Labute approximate surface area is 73.8 Å². The molecule has 0 aliphatic rings. The van der Waals surface area contributed by atoms with Crippen molar-refractivity contribution in [2.24, 2.45) is 5.11 Å². The molecule has 7 heteroatoms. The van der Waals surface area contributed by atoms with E-state index in [1.807, 2.05) is 0 Å². The molecule has 2 N–H and O–H groups in total. The molecule has 0 radical (unpaired) electrons. The number of rotatable bonds is 4. The summed E-state index contributed by atoms with van der Waals surface area (Å²) in [6.07, 6.45) is 2.91. The largest absolute Gasteiger partial charge is 0.352 e. The van der Waals surface area contributed by atoms with Gasteiger partial charge in [0.15, 0.2) is 0 Å². The molecule has 0 saturated carbocycles. The van der Waals surface area contributed by atoms with Crippen LogP contribution in [0.3, 0.4) is 0 Å². The van der Waals surface area contributed by atoms with Crippen molar-refractivity contribution in [3.63, 3.8) is 0 Å². The topological polar surface area (TPSA) is 107 Å². The predicted octanol–water partition coefficient (Wildman–Crippen LogP) is 0.450. The normalized spacial score (nSPS) is 8.92. The third-order valence-corrected chi connectivity index (χ3v) is 1.32. The standard InChI is InChI=1S/C6H8N6O/c7-12-9-2-1-8-6(13)5-3-10-11-4-5/h3-4H,1-2H2,(H,8,13)(H,10,11). The fourth-order valence-electron chi connectivity index (χ4n) is 0.741. The van der Waals surface area contributed by atoms with Crippen LogP contribution in [0.2, 0.25) is 0 Å². The van der Waals surface area contributed by atoms with Gasteiger partial charge in [-0.25, -0.2) is 0 Å². The number of carbonyl (C=O) groups excluding carboxylic acids is 1. The van der Waals surface area contributed by atoms with Crippen molar-refractivity contribution in [3.8, 4) is 0 Å². The van der Waals surface area contributed by atoms with Crippen molar-refractivity contribution in [2.45, 2.75) is 0 Å². The number of H-pyrrole nitrogens is 1. The minimum Gasteiger partial charge on any atom is -0.352 e. The maximum atomic E-state index is 11.2. The number of hydrogen-bond donors (Lipinski definition) is 2. The van der Waals surface area contributed by atoms with Gasteiger partial charge in [-0.1, -0.05) is 5.11 Å². The Kier molecular flexibility index (Phi) is 3.34. The molecule has 0 unspecified atom stereocenters. The zero-order valence-electron chi connectivity index (χ0n) is 6.77. The van der Waals surface area contributed by atoms with E-state index >= 15 is 0 Å². The molecule has 1 heterocycles. The van der Waals surface area contributed by atoms with E-state index < -0.39 is 0 Å². The number of carbonyl (C=O) groups is 1. The van der Waals surface area contributed by atoms with Crippen LogP contribution < -0.4 is 5.32 Å². The highest BCUT2D eigenvalue weighted by Gasteiger charge is 2.03. The first kappa shape index (κ1) is 9.08. The van der Waals surface area contributed by atoms with Crippen LogP contribution in [0, 0.1) is 0 Å². The SMILES string of the molecule is [N-]=[N+]=NCCNC(=O)c1cn[nH]c1. The van der Waals surface area contributed by atoms with E-state index in [0.29, 0.717) is 12.1 Å². The number of azide groups is 1. The van der Waals surface area contributed by atoms with Gasteiger partial charge in [0.1, 0.15) is 0 Å². The van der Waals surface area contributed by atoms with Crippen molar-refractivity contribution in [2.75, 3.05) is 13.1 Å². The van der Waals surface area contributed by atoms with Crippen LogP contribution in [-0.2, 0) is 0 Å². The highest BCUT2D eigenvalue weighted by molar-refractivity contribution is 5.93. The summed E-state index contributed by atoms with van der Waals surface area (Å²) in [5.74, 6) is -0.234. The second-order valence-electron chi connectivity index (χ2n) is 2.20. The fourth-order valence-corrected chi connectivity index (χ4v) is 0.741. The quantitative estimate of drug-likeness (QED) is 0.303. The lowest BCUT2D eigenvalue weighted by atomic mass is 10.3. The van der Waals surface area contributed by atoms with Gasteiger partial charge in [0.2, 0.25) is 0 Å². The maximum Gasteiger partial charge on any atom is 0.254 e. The van der Waals surface area contributed by atoms with Crippen molar-refractivity contribution in [1.29, 1.82) is 0 Å². The van der Waals surface area contributed by atoms with Crippen LogP contribution in [-0.4, -0.2) is 29.2 Å². The van der Waals surface area contributed by atoms with Crippen molar-refractivity contribution in [3.05, 3.63) is 28.4 Å². The Morgan fingerprint density at radius 3 is 3.31 bits per heavy atom. The minimum atomic E-state index is -0.234. The Morgan fingerprint density at radius 1 is 1.85 bits per heavy atom. The van der Waals surface area contributed by atoms with E-state index in [9.17, 15) is 4.79 Å². The number of nitrogens with one attached hydrogen (secondary N) is 2. The molecule has 0 aliphatic heterocycles. The molecule has 1 amide bonds. The third kappa shape index (κ3) is 2.84. The first-order valence-corrected chi connectivity index (χ1v) is 3.62. The van der Waals surface area contributed by atoms with E-state index in [0.717, 1.165) is 0 Å². The molecule has 0 saturated heterocycles. The molecule has 7 nitrogen and oxygen atoms in total. The number of aromatic amines is 1. The monoisotopic (exact) mass is 180 g/mol. The van der Waals surface area contributed by atoms with E-state index in [2.05, 4.69) is 25.5 Å². The number of nitrogens with zero attached hydrogens (tertiary/aromatic N) is 4. The number of hydrogen-bond acceptors (Lipinski definition) is 3. The van der Waals surface area contributed by atoms with E-state index in [1.165, 1.54) is 12.4 Å². The van der Waals surface area contributed by atoms with Crippen LogP contribution in [0.5, 0.6) is 0 Å². The summed E-state index contributed by atoms with van der Waals surface area (Å²) in [5.41, 5.74) is 8.41. The average Bonchev–Trinajstić information content (AvgIpc) is 2.65. The zero-order valence-corrected chi connectivity index (χ0v) is 6.77. The van der Waals surface area contributed by atoms with Gasteiger partial charge < -0.3 is 5.32 Å². The van der Waals surface area contributed by atoms with Gasteiger partial charge in [-0.05, 0) is 5.53 Å². The average molecular weight is 180 g/mol. The third-order valence-electron chi connectivity index (χ3n) is 1.32. The highest BCUT2D eigenvalue weighted by Crippen LogP contribution is 1.91. The summed E-state index contributed by atoms with van der Waals surface area (Å²) in [7, 11) is 0. The molecule has 1 aromatic rings. The van der Waals surface area contributed by atoms with Gasteiger partial charge in [0.25, 0.3) is 5.91 Å². The summed E-state index contributed by atoms with van der Waals surface area (Å²) in [4.78, 5) is 13.7. The smallest absolute Gasteiger partial charge is 0.254 e. The summed E-state index contributed by atoms with van der Waals surface area (Å²) in [6, 6.07) is 0. The molecule has 0 bridgehead atoms. The molecule has 0 aliphatic carbocycles. The van der Waals surface area contributed by atoms with Crippen LogP contribution in [0.4, 0.5) is 0 Å². The second kappa shape index (κ2) is 4.78. The molecule has 0 fully saturated rings. The summed E-state index contributed by atoms with van der Waals surface area (Å²) in [5, 5.41) is 12.0. The highest BCUT2D eigenvalue weighted by atomic mass is 16.1. The lowest BCUT2D eigenvalue weighted by Gasteiger charge is -1.98. The molecule has 68 valence electrons. The lowest BCUT2D eigenvalue weighted by Crippen LogP contribution is -2.25.